The van der Waals surface area contributed by atoms with Gasteiger partial charge in [0.2, 0.25) is 0 Å². The smallest absolute Gasteiger partial charge is 0.306 e. The lowest BCUT2D eigenvalue weighted by molar-refractivity contribution is -0.157. The summed E-state index contributed by atoms with van der Waals surface area (Å²) in [6, 6.07) is 2.02. The lowest BCUT2D eigenvalue weighted by atomic mass is 9.91. The first-order valence-electron chi connectivity index (χ1n) is 11.4. The van der Waals surface area contributed by atoms with Crippen molar-refractivity contribution in [3.05, 3.63) is 17.6 Å². The first kappa shape index (κ1) is 25.0. The second-order valence-electron chi connectivity index (χ2n) is 11.4. The van der Waals surface area contributed by atoms with E-state index in [1.807, 2.05) is 32.2 Å². The number of nitrogens with two attached hydrogens (primary N) is 1. The van der Waals surface area contributed by atoms with Crippen LogP contribution in [0.25, 0.3) is 10.2 Å². The van der Waals surface area contributed by atoms with Crippen LogP contribution < -0.4 is 10.6 Å². The van der Waals surface area contributed by atoms with E-state index in [9.17, 15) is 4.79 Å². The molecule has 2 atom stereocenters. The summed E-state index contributed by atoms with van der Waals surface area (Å²) in [6.45, 7) is 18.6. The van der Waals surface area contributed by atoms with Crippen LogP contribution in [0.5, 0.6) is 0 Å². The number of ether oxygens (including phenoxy) is 1. The van der Waals surface area contributed by atoms with Crippen molar-refractivity contribution in [2.75, 3.05) is 23.7 Å². The first-order valence-corrected chi connectivity index (χ1v) is 15.2. The standard InChI is InChI=1S/C24H39N3O3SSi/c1-23(2,3)29-20(28)13-16-15-27(11-9-19(16)30-32(7,8)24(4,5)6)21-17(25)14-26-18-10-12-31-22(18)21/h10,12,14,16,19H,9,11,13,15,25H2,1-8H3/t16-,19-/m1/s1. The van der Waals surface area contributed by atoms with Gasteiger partial charge in [0.25, 0.3) is 0 Å². The number of nitrogens with zero attached hydrogens (tertiary/aromatic N) is 2. The normalized spacial score (nSPS) is 20.6. The van der Waals surface area contributed by atoms with E-state index in [1.165, 1.54) is 0 Å². The fraction of sp³-hybridized carbons (Fsp3) is 0.667. The first-order chi connectivity index (χ1) is 14.7. The van der Waals surface area contributed by atoms with Crippen LogP contribution in [-0.4, -0.2) is 44.1 Å². The molecule has 8 heteroatoms. The van der Waals surface area contributed by atoms with E-state index in [0.29, 0.717) is 18.7 Å². The fourth-order valence-electron chi connectivity index (χ4n) is 3.96. The van der Waals surface area contributed by atoms with Gasteiger partial charge < -0.3 is 19.8 Å². The molecule has 0 saturated carbocycles. The highest BCUT2D eigenvalue weighted by Crippen LogP contribution is 2.42. The molecule has 0 amide bonds. The minimum atomic E-state index is -1.98. The quantitative estimate of drug-likeness (QED) is 0.431. The van der Waals surface area contributed by atoms with Gasteiger partial charge in [-0.15, -0.1) is 11.3 Å². The minimum Gasteiger partial charge on any atom is -0.460 e. The maximum absolute atomic E-state index is 12.8. The largest absolute Gasteiger partial charge is 0.460 e. The molecule has 1 aliphatic rings. The number of rotatable bonds is 5. The molecule has 3 rings (SSSR count). The Hall–Kier alpha value is -1.64. The second kappa shape index (κ2) is 8.95. The van der Waals surface area contributed by atoms with Crippen LogP contribution in [0.1, 0.15) is 54.4 Å². The average molecular weight is 478 g/mol. The molecule has 0 aliphatic carbocycles. The third kappa shape index (κ3) is 5.64. The van der Waals surface area contributed by atoms with E-state index in [1.54, 1.807) is 17.5 Å². The van der Waals surface area contributed by atoms with Crippen LogP contribution in [-0.2, 0) is 14.0 Å². The highest BCUT2D eigenvalue weighted by atomic mass is 32.1. The SMILES string of the molecule is CC(C)(C)OC(=O)C[C@@H]1CN(c2c(N)cnc3ccsc23)CC[C@H]1O[Si](C)(C)C(C)(C)C. The molecule has 32 heavy (non-hydrogen) atoms. The summed E-state index contributed by atoms with van der Waals surface area (Å²) in [5.74, 6) is -0.132. The van der Waals surface area contributed by atoms with Crippen molar-refractivity contribution in [3.8, 4) is 0 Å². The van der Waals surface area contributed by atoms with Gasteiger partial charge in [-0.3, -0.25) is 9.78 Å². The molecule has 0 aromatic carbocycles. The number of esters is 1. The maximum Gasteiger partial charge on any atom is 0.306 e. The summed E-state index contributed by atoms with van der Waals surface area (Å²) >= 11 is 1.66. The number of fused-ring (bicyclic) bond motifs is 1. The van der Waals surface area contributed by atoms with Gasteiger partial charge in [0, 0.05) is 19.0 Å². The van der Waals surface area contributed by atoms with Crippen molar-refractivity contribution in [3.63, 3.8) is 0 Å². The molecule has 1 aliphatic heterocycles. The zero-order valence-corrected chi connectivity index (χ0v) is 22.6. The summed E-state index contributed by atoms with van der Waals surface area (Å²) in [5, 5.41) is 2.16. The number of anilines is 2. The van der Waals surface area contributed by atoms with Crippen molar-refractivity contribution in [2.45, 2.75) is 84.2 Å². The van der Waals surface area contributed by atoms with Crippen LogP contribution in [0.4, 0.5) is 11.4 Å². The maximum atomic E-state index is 12.8. The summed E-state index contributed by atoms with van der Waals surface area (Å²) in [4.78, 5) is 19.6. The number of hydrogen-bond acceptors (Lipinski definition) is 7. The van der Waals surface area contributed by atoms with Crippen LogP contribution in [0.2, 0.25) is 18.1 Å². The number of hydrogen-bond donors (Lipinski definition) is 1. The summed E-state index contributed by atoms with van der Waals surface area (Å²) in [7, 11) is -1.98. The Balaban J connectivity index is 1.88. The predicted octanol–water partition coefficient (Wildman–Crippen LogP) is 5.83. The molecule has 2 N–H and O–H groups in total. The van der Waals surface area contributed by atoms with Gasteiger partial charge in [-0.25, -0.2) is 0 Å². The zero-order chi connectivity index (χ0) is 23.9. The van der Waals surface area contributed by atoms with E-state index >= 15 is 0 Å². The molecular weight excluding hydrogens is 438 g/mol. The third-order valence-corrected chi connectivity index (χ3v) is 12.0. The molecule has 178 valence electrons. The molecule has 0 unspecified atom stereocenters. The number of carbonyl (C=O) groups is 1. The van der Waals surface area contributed by atoms with Gasteiger partial charge in [-0.1, -0.05) is 20.8 Å². The molecule has 2 aromatic rings. The number of nitrogen functional groups attached to an aromatic ring is 1. The Kier molecular flexibility index (Phi) is 6.99. The van der Waals surface area contributed by atoms with Gasteiger partial charge in [0.15, 0.2) is 8.32 Å². The van der Waals surface area contributed by atoms with Gasteiger partial charge in [-0.05, 0) is 56.8 Å². The van der Waals surface area contributed by atoms with Crippen molar-refractivity contribution in [1.29, 1.82) is 0 Å². The number of carbonyl (C=O) groups excluding carboxylic acids is 1. The van der Waals surface area contributed by atoms with Gasteiger partial charge in [-0.2, -0.15) is 0 Å². The number of piperidine rings is 1. The molecule has 1 fully saturated rings. The number of aromatic nitrogens is 1. The topological polar surface area (TPSA) is 77.7 Å². The molecule has 0 bridgehead atoms. The minimum absolute atomic E-state index is 0.0292. The number of pyridine rings is 1. The highest BCUT2D eigenvalue weighted by Gasteiger charge is 2.43. The Morgan fingerprint density at radius 1 is 1.28 bits per heavy atom. The molecule has 3 heterocycles. The van der Waals surface area contributed by atoms with Crippen molar-refractivity contribution in [2.24, 2.45) is 5.92 Å². The molecule has 1 saturated heterocycles. The third-order valence-electron chi connectivity index (χ3n) is 6.56. The monoisotopic (exact) mass is 477 g/mol. The second-order valence-corrected chi connectivity index (χ2v) is 17.1. The fourth-order valence-corrected chi connectivity index (χ4v) is 6.31. The molecule has 0 radical (unpaired) electrons. The Labute approximate surface area is 197 Å². The van der Waals surface area contributed by atoms with Crippen molar-refractivity contribution < 1.29 is 14.0 Å². The average Bonchev–Trinajstić information content (AvgIpc) is 3.09. The van der Waals surface area contributed by atoms with E-state index in [2.05, 4.69) is 43.7 Å². The zero-order valence-electron chi connectivity index (χ0n) is 20.8. The van der Waals surface area contributed by atoms with Gasteiger partial charge in [0.1, 0.15) is 5.60 Å². The Morgan fingerprint density at radius 3 is 2.59 bits per heavy atom. The van der Waals surface area contributed by atoms with E-state index in [0.717, 1.165) is 28.9 Å². The Morgan fingerprint density at radius 2 is 1.97 bits per heavy atom. The molecule has 2 aromatic heterocycles. The highest BCUT2D eigenvalue weighted by molar-refractivity contribution is 7.17. The van der Waals surface area contributed by atoms with Crippen molar-refractivity contribution in [1.82, 2.24) is 4.98 Å². The van der Waals surface area contributed by atoms with E-state index in [-0.39, 0.29) is 23.0 Å². The molecule has 0 spiro atoms. The van der Waals surface area contributed by atoms with Crippen LogP contribution in [0.3, 0.4) is 0 Å². The predicted molar refractivity (Wildman–Crippen MR) is 137 cm³/mol. The van der Waals surface area contributed by atoms with Crippen LogP contribution in [0, 0.1) is 5.92 Å². The molecule has 6 nitrogen and oxygen atoms in total. The summed E-state index contributed by atoms with van der Waals surface area (Å²) < 4.78 is 13.6. The van der Waals surface area contributed by atoms with E-state index in [4.69, 9.17) is 14.9 Å². The van der Waals surface area contributed by atoms with Crippen LogP contribution in [0.15, 0.2) is 17.6 Å². The summed E-state index contributed by atoms with van der Waals surface area (Å²) in [5.41, 5.74) is 8.56. The number of thiophene rings is 1. The van der Waals surface area contributed by atoms with Gasteiger partial charge in [0.05, 0.1) is 40.3 Å². The van der Waals surface area contributed by atoms with Gasteiger partial charge >= 0.3 is 5.97 Å². The van der Waals surface area contributed by atoms with E-state index < -0.39 is 13.9 Å². The lowest BCUT2D eigenvalue weighted by Gasteiger charge is -2.46. The molecular formula is C24H39N3O3SSi. The lowest BCUT2D eigenvalue weighted by Crippen LogP contribution is -2.52. The van der Waals surface area contributed by atoms with Crippen LogP contribution >= 0.6 is 11.3 Å². The Bertz CT molecular complexity index is 962. The summed E-state index contributed by atoms with van der Waals surface area (Å²) in [6.07, 6.45) is 2.97. The van der Waals surface area contributed by atoms with Crippen molar-refractivity contribution >= 4 is 47.2 Å².